The standard InChI is InChI=1S/C25H50N2O2/c1-4-5-6-7-8-9-10-11-15-22-29-25(28)16-13-12-14-19-27-21-18-24(23-27)17-20-26(2)3/h24H,4-23H2,1-3H3. The number of ether oxygens (including phenoxy) is 1. The van der Waals surface area contributed by atoms with Gasteiger partial charge in [0.2, 0.25) is 0 Å². The first-order valence-electron chi connectivity index (χ1n) is 12.6. The summed E-state index contributed by atoms with van der Waals surface area (Å²) in [7, 11) is 4.32. The van der Waals surface area contributed by atoms with Crippen LogP contribution in [0, 0.1) is 5.92 Å². The molecule has 0 radical (unpaired) electrons. The van der Waals surface area contributed by atoms with Crippen molar-refractivity contribution in [1.82, 2.24) is 9.80 Å². The number of carbonyl (C=O) groups excluding carboxylic acids is 1. The van der Waals surface area contributed by atoms with Gasteiger partial charge in [0.1, 0.15) is 0 Å². The van der Waals surface area contributed by atoms with E-state index in [-0.39, 0.29) is 5.97 Å². The molecule has 1 unspecified atom stereocenters. The van der Waals surface area contributed by atoms with Crippen LogP contribution in [0.5, 0.6) is 0 Å². The molecule has 1 heterocycles. The Morgan fingerprint density at radius 2 is 1.59 bits per heavy atom. The van der Waals surface area contributed by atoms with E-state index >= 15 is 0 Å². The second-order valence-electron chi connectivity index (χ2n) is 9.41. The van der Waals surface area contributed by atoms with E-state index in [0.29, 0.717) is 13.0 Å². The normalized spacial score (nSPS) is 17.3. The van der Waals surface area contributed by atoms with Crippen molar-refractivity contribution in [1.29, 1.82) is 0 Å². The third kappa shape index (κ3) is 15.8. The van der Waals surface area contributed by atoms with Crippen molar-refractivity contribution in [3.63, 3.8) is 0 Å². The highest BCUT2D eigenvalue weighted by Gasteiger charge is 2.21. The predicted molar refractivity (Wildman–Crippen MR) is 124 cm³/mol. The highest BCUT2D eigenvalue weighted by atomic mass is 16.5. The molecule has 1 aliphatic heterocycles. The van der Waals surface area contributed by atoms with Crippen LogP contribution >= 0.6 is 0 Å². The molecule has 172 valence electrons. The molecule has 1 rings (SSSR count). The lowest BCUT2D eigenvalue weighted by atomic mass is 10.1. The number of unbranched alkanes of at least 4 members (excludes halogenated alkanes) is 10. The Hall–Kier alpha value is -0.610. The van der Waals surface area contributed by atoms with E-state index in [4.69, 9.17) is 4.74 Å². The first-order chi connectivity index (χ1) is 14.1. The lowest BCUT2D eigenvalue weighted by Gasteiger charge is -2.17. The number of likely N-dealkylation sites (tertiary alicyclic amines) is 1. The van der Waals surface area contributed by atoms with Crippen molar-refractivity contribution >= 4 is 5.97 Å². The fraction of sp³-hybridized carbons (Fsp3) is 0.960. The quantitative estimate of drug-likeness (QED) is 0.196. The summed E-state index contributed by atoms with van der Waals surface area (Å²) >= 11 is 0. The molecule has 1 atom stereocenters. The predicted octanol–water partition coefficient (Wildman–Crippen LogP) is 5.89. The largest absolute Gasteiger partial charge is 0.466 e. The summed E-state index contributed by atoms with van der Waals surface area (Å²) < 4.78 is 5.39. The molecular weight excluding hydrogens is 360 g/mol. The van der Waals surface area contributed by atoms with Crippen molar-refractivity contribution in [2.75, 3.05) is 46.9 Å². The highest BCUT2D eigenvalue weighted by Crippen LogP contribution is 2.20. The van der Waals surface area contributed by atoms with Crippen molar-refractivity contribution in [2.45, 2.75) is 103 Å². The minimum absolute atomic E-state index is 0.00878. The van der Waals surface area contributed by atoms with Crippen molar-refractivity contribution in [2.24, 2.45) is 5.92 Å². The molecule has 0 aliphatic carbocycles. The van der Waals surface area contributed by atoms with Crippen LogP contribution in [-0.4, -0.2) is 62.7 Å². The molecule has 0 spiro atoms. The van der Waals surface area contributed by atoms with Gasteiger partial charge in [-0.25, -0.2) is 0 Å². The molecule has 0 N–H and O–H groups in total. The lowest BCUT2D eigenvalue weighted by molar-refractivity contribution is -0.143. The maximum atomic E-state index is 11.8. The van der Waals surface area contributed by atoms with E-state index in [1.807, 2.05) is 0 Å². The average molecular weight is 411 g/mol. The molecule has 29 heavy (non-hydrogen) atoms. The molecule has 1 aliphatic rings. The summed E-state index contributed by atoms with van der Waals surface area (Å²) in [5, 5.41) is 0. The molecule has 0 aromatic carbocycles. The first-order valence-corrected chi connectivity index (χ1v) is 12.6. The smallest absolute Gasteiger partial charge is 0.305 e. The molecule has 0 bridgehead atoms. The van der Waals surface area contributed by atoms with Gasteiger partial charge in [-0.15, -0.1) is 0 Å². The second-order valence-corrected chi connectivity index (χ2v) is 9.41. The van der Waals surface area contributed by atoms with Crippen LogP contribution in [0.25, 0.3) is 0 Å². The van der Waals surface area contributed by atoms with Crippen molar-refractivity contribution in [3.8, 4) is 0 Å². The number of hydrogen-bond donors (Lipinski definition) is 0. The SMILES string of the molecule is CCCCCCCCCCCOC(=O)CCCCCN1CCC(CCN(C)C)C1. The van der Waals surface area contributed by atoms with Gasteiger partial charge in [-0.2, -0.15) is 0 Å². The van der Waals surface area contributed by atoms with Crippen LogP contribution in [-0.2, 0) is 9.53 Å². The average Bonchev–Trinajstić information content (AvgIpc) is 3.15. The summed E-state index contributed by atoms with van der Waals surface area (Å²) in [6.07, 6.45) is 18.3. The third-order valence-electron chi connectivity index (χ3n) is 6.22. The summed E-state index contributed by atoms with van der Waals surface area (Å²) in [4.78, 5) is 16.7. The zero-order valence-corrected chi connectivity index (χ0v) is 19.9. The van der Waals surface area contributed by atoms with E-state index in [1.165, 1.54) is 96.8 Å². The second kappa shape index (κ2) is 18.2. The Kier molecular flexibility index (Phi) is 16.6. The van der Waals surface area contributed by atoms with Crippen LogP contribution in [0.2, 0.25) is 0 Å². The van der Waals surface area contributed by atoms with Gasteiger partial charge in [0, 0.05) is 13.0 Å². The molecular formula is C25H50N2O2. The summed E-state index contributed by atoms with van der Waals surface area (Å²) in [5.74, 6) is 0.892. The van der Waals surface area contributed by atoms with Crippen molar-refractivity contribution in [3.05, 3.63) is 0 Å². The van der Waals surface area contributed by atoms with Crippen LogP contribution in [0.3, 0.4) is 0 Å². The van der Waals surface area contributed by atoms with Crippen molar-refractivity contribution < 1.29 is 9.53 Å². The van der Waals surface area contributed by atoms with Gasteiger partial charge in [0.25, 0.3) is 0 Å². The topological polar surface area (TPSA) is 32.8 Å². The molecule has 0 aromatic heterocycles. The summed E-state index contributed by atoms with van der Waals surface area (Å²) in [6, 6.07) is 0. The summed E-state index contributed by atoms with van der Waals surface area (Å²) in [6.45, 7) is 7.83. The van der Waals surface area contributed by atoms with E-state index in [2.05, 4.69) is 30.8 Å². The minimum Gasteiger partial charge on any atom is -0.466 e. The minimum atomic E-state index is 0.00878. The van der Waals surface area contributed by atoms with Crippen LogP contribution in [0.15, 0.2) is 0 Å². The fourth-order valence-electron chi connectivity index (χ4n) is 4.24. The highest BCUT2D eigenvalue weighted by molar-refractivity contribution is 5.69. The van der Waals surface area contributed by atoms with Gasteiger partial charge in [0.05, 0.1) is 6.61 Å². The van der Waals surface area contributed by atoms with E-state index in [1.54, 1.807) is 0 Å². The maximum absolute atomic E-state index is 11.8. The first kappa shape index (κ1) is 26.4. The van der Waals surface area contributed by atoms with Gasteiger partial charge in [0.15, 0.2) is 0 Å². The lowest BCUT2D eigenvalue weighted by Crippen LogP contribution is -2.23. The van der Waals surface area contributed by atoms with Crippen LogP contribution in [0.1, 0.15) is 103 Å². The van der Waals surface area contributed by atoms with Gasteiger partial charge < -0.3 is 14.5 Å². The van der Waals surface area contributed by atoms with E-state index < -0.39 is 0 Å². The molecule has 0 aromatic rings. The monoisotopic (exact) mass is 410 g/mol. The Morgan fingerprint density at radius 1 is 0.931 bits per heavy atom. The molecule has 1 fully saturated rings. The number of esters is 1. The molecule has 4 nitrogen and oxygen atoms in total. The van der Waals surface area contributed by atoms with Gasteiger partial charge in [-0.05, 0) is 71.8 Å². The van der Waals surface area contributed by atoms with Gasteiger partial charge in [-0.3, -0.25) is 4.79 Å². The number of carbonyl (C=O) groups is 1. The van der Waals surface area contributed by atoms with Crippen LogP contribution < -0.4 is 0 Å². The Balaban J connectivity index is 1.83. The Morgan fingerprint density at radius 3 is 2.28 bits per heavy atom. The molecule has 4 heteroatoms. The van der Waals surface area contributed by atoms with Gasteiger partial charge >= 0.3 is 5.97 Å². The van der Waals surface area contributed by atoms with Gasteiger partial charge in [-0.1, -0.05) is 64.7 Å². The number of nitrogens with zero attached hydrogens (tertiary/aromatic N) is 2. The fourth-order valence-corrected chi connectivity index (χ4v) is 4.24. The number of hydrogen-bond acceptors (Lipinski definition) is 4. The van der Waals surface area contributed by atoms with Crippen LogP contribution in [0.4, 0.5) is 0 Å². The molecule has 1 saturated heterocycles. The molecule has 0 saturated carbocycles. The zero-order chi connectivity index (χ0) is 21.2. The third-order valence-corrected chi connectivity index (χ3v) is 6.22. The maximum Gasteiger partial charge on any atom is 0.305 e. The number of rotatable bonds is 19. The summed E-state index contributed by atoms with van der Waals surface area (Å²) in [5.41, 5.74) is 0. The Labute approximate surface area is 181 Å². The Bertz CT molecular complexity index is 387. The van der Waals surface area contributed by atoms with E-state index in [9.17, 15) is 4.79 Å². The molecule has 0 amide bonds. The zero-order valence-electron chi connectivity index (χ0n) is 19.9. The van der Waals surface area contributed by atoms with E-state index in [0.717, 1.165) is 25.2 Å².